The molecule has 0 unspecified atom stereocenters. The average molecular weight is 132 g/mol. The van der Waals surface area contributed by atoms with Gasteiger partial charge in [0.05, 0.1) is 5.25 Å². The predicted molar refractivity (Wildman–Crippen MR) is 38.2 cm³/mol. The number of thioether (sulfide) groups is 1. The second-order valence-electron chi connectivity index (χ2n) is 2.08. The fourth-order valence-corrected chi connectivity index (χ4v) is 1.14. The third-order valence-corrected chi connectivity index (χ3v) is 2.26. The Labute approximate surface area is 54.8 Å². The van der Waals surface area contributed by atoms with Gasteiger partial charge in [0, 0.05) is 0 Å². The zero-order valence-corrected chi connectivity index (χ0v) is 6.37. The highest BCUT2D eigenvalue weighted by Gasteiger charge is 2.08. The van der Waals surface area contributed by atoms with Crippen molar-refractivity contribution >= 4 is 18.0 Å². The van der Waals surface area contributed by atoms with E-state index in [4.69, 9.17) is 0 Å². The topological polar surface area (TPSA) is 17.1 Å². The molecule has 0 aromatic heterocycles. The van der Waals surface area contributed by atoms with Gasteiger partial charge in [-0.05, 0) is 12.2 Å². The summed E-state index contributed by atoms with van der Waals surface area (Å²) < 4.78 is 0. The first kappa shape index (κ1) is 8.02. The number of hydrogen-bond donors (Lipinski definition) is 0. The minimum absolute atomic E-state index is 0.190. The molecule has 1 atom stereocenters. The smallest absolute Gasteiger partial charge is 0.133 e. The van der Waals surface area contributed by atoms with Gasteiger partial charge in [-0.2, -0.15) is 11.8 Å². The van der Waals surface area contributed by atoms with E-state index in [0.29, 0.717) is 5.92 Å². The Balaban J connectivity index is 3.51. The van der Waals surface area contributed by atoms with E-state index in [1.807, 2.05) is 6.26 Å². The molecular formula is C6H12OS. The van der Waals surface area contributed by atoms with Crippen molar-refractivity contribution in [3.63, 3.8) is 0 Å². The van der Waals surface area contributed by atoms with Crippen LogP contribution in [0, 0.1) is 5.92 Å². The fraction of sp³-hybridized carbons (Fsp3) is 0.833. The van der Waals surface area contributed by atoms with Gasteiger partial charge in [0.15, 0.2) is 0 Å². The maximum atomic E-state index is 10.2. The zero-order chi connectivity index (χ0) is 6.57. The molecule has 0 aliphatic rings. The summed E-state index contributed by atoms with van der Waals surface area (Å²) in [5, 5.41) is 0.190. The summed E-state index contributed by atoms with van der Waals surface area (Å²) in [6, 6.07) is 0. The summed E-state index contributed by atoms with van der Waals surface area (Å²) in [7, 11) is 0. The minimum Gasteiger partial charge on any atom is -0.302 e. The van der Waals surface area contributed by atoms with Gasteiger partial charge in [-0.3, -0.25) is 0 Å². The van der Waals surface area contributed by atoms with Crippen molar-refractivity contribution in [1.82, 2.24) is 0 Å². The van der Waals surface area contributed by atoms with Crippen molar-refractivity contribution in [1.29, 1.82) is 0 Å². The number of rotatable bonds is 3. The summed E-state index contributed by atoms with van der Waals surface area (Å²) in [4.78, 5) is 10.2. The van der Waals surface area contributed by atoms with Crippen molar-refractivity contribution in [3.8, 4) is 0 Å². The van der Waals surface area contributed by atoms with E-state index in [1.54, 1.807) is 11.8 Å². The minimum atomic E-state index is 0.190. The molecule has 0 aliphatic carbocycles. The van der Waals surface area contributed by atoms with Gasteiger partial charge in [-0.15, -0.1) is 0 Å². The normalized spacial score (nSPS) is 14.0. The van der Waals surface area contributed by atoms with Gasteiger partial charge >= 0.3 is 0 Å². The first-order chi connectivity index (χ1) is 3.72. The van der Waals surface area contributed by atoms with Gasteiger partial charge in [-0.25, -0.2) is 0 Å². The van der Waals surface area contributed by atoms with E-state index in [0.717, 1.165) is 6.29 Å². The van der Waals surface area contributed by atoms with Gasteiger partial charge < -0.3 is 4.79 Å². The first-order valence-corrected chi connectivity index (χ1v) is 3.99. The van der Waals surface area contributed by atoms with Crippen LogP contribution in [-0.2, 0) is 4.79 Å². The van der Waals surface area contributed by atoms with Crippen molar-refractivity contribution in [2.75, 3.05) is 6.26 Å². The maximum Gasteiger partial charge on any atom is 0.133 e. The molecule has 0 spiro atoms. The summed E-state index contributed by atoms with van der Waals surface area (Å²) >= 11 is 1.61. The number of carbonyl (C=O) groups excluding carboxylic acids is 1. The Morgan fingerprint density at radius 1 is 1.50 bits per heavy atom. The molecule has 0 saturated heterocycles. The molecule has 0 saturated carbocycles. The highest BCUT2D eigenvalue weighted by Crippen LogP contribution is 2.12. The van der Waals surface area contributed by atoms with Crippen LogP contribution in [0.4, 0.5) is 0 Å². The Bertz CT molecular complexity index is 70.9. The highest BCUT2D eigenvalue weighted by atomic mass is 32.2. The monoisotopic (exact) mass is 132 g/mol. The standard InChI is InChI=1S/C6H12OS/c1-5(2)6(4-7)8-3/h4-6H,1-3H3/t6-/m0/s1. The second-order valence-corrected chi connectivity index (χ2v) is 3.10. The van der Waals surface area contributed by atoms with Crippen LogP contribution in [0.3, 0.4) is 0 Å². The molecule has 0 aromatic rings. The SMILES string of the molecule is CS[C@@H](C=O)C(C)C. The molecule has 0 aromatic carbocycles. The average Bonchev–Trinajstić information content (AvgIpc) is 1.69. The van der Waals surface area contributed by atoms with Crippen LogP contribution >= 0.6 is 11.8 Å². The van der Waals surface area contributed by atoms with Crippen LogP contribution in [0.1, 0.15) is 13.8 Å². The molecule has 0 fully saturated rings. The molecule has 0 bridgehead atoms. The van der Waals surface area contributed by atoms with E-state index in [1.165, 1.54) is 0 Å². The van der Waals surface area contributed by atoms with E-state index in [9.17, 15) is 4.79 Å². The van der Waals surface area contributed by atoms with Crippen LogP contribution in [0.25, 0.3) is 0 Å². The third-order valence-electron chi connectivity index (χ3n) is 1.06. The van der Waals surface area contributed by atoms with Crippen molar-refractivity contribution in [3.05, 3.63) is 0 Å². The number of aldehydes is 1. The van der Waals surface area contributed by atoms with Crippen LogP contribution in [0.2, 0.25) is 0 Å². The summed E-state index contributed by atoms with van der Waals surface area (Å²) in [5.41, 5.74) is 0. The van der Waals surface area contributed by atoms with Crippen molar-refractivity contribution in [2.45, 2.75) is 19.1 Å². The summed E-state index contributed by atoms with van der Waals surface area (Å²) in [5.74, 6) is 0.475. The highest BCUT2D eigenvalue weighted by molar-refractivity contribution is 7.99. The Kier molecular flexibility index (Phi) is 3.97. The van der Waals surface area contributed by atoms with E-state index in [-0.39, 0.29) is 5.25 Å². The Morgan fingerprint density at radius 2 is 2.00 bits per heavy atom. The Morgan fingerprint density at radius 3 is 2.00 bits per heavy atom. The van der Waals surface area contributed by atoms with Gasteiger partial charge in [-0.1, -0.05) is 13.8 Å². The number of carbonyl (C=O) groups is 1. The van der Waals surface area contributed by atoms with Crippen LogP contribution in [0.15, 0.2) is 0 Å². The maximum absolute atomic E-state index is 10.2. The molecule has 0 radical (unpaired) electrons. The van der Waals surface area contributed by atoms with Crippen molar-refractivity contribution < 1.29 is 4.79 Å². The quantitative estimate of drug-likeness (QED) is 0.542. The lowest BCUT2D eigenvalue weighted by atomic mass is 10.1. The van der Waals surface area contributed by atoms with E-state index >= 15 is 0 Å². The predicted octanol–water partition coefficient (Wildman–Crippen LogP) is 1.57. The molecule has 2 heteroatoms. The van der Waals surface area contributed by atoms with Crippen LogP contribution in [0.5, 0.6) is 0 Å². The first-order valence-electron chi connectivity index (χ1n) is 2.70. The second kappa shape index (κ2) is 3.96. The molecule has 8 heavy (non-hydrogen) atoms. The molecule has 0 aliphatic heterocycles. The molecule has 1 nitrogen and oxygen atoms in total. The van der Waals surface area contributed by atoms with E-state index < -0.39 is 0 Å². The van der Waals surface area contributed by atoms with Gasteiger partial charge in [0.25, 0.3) is 0 Å². The molecule has 48 valence electrons. The molecule has 0 rings (SSSR count). The zero-order valence-electron chi connectivity index (χ0n) is 5.55. The van der Waals surface area contributed by atoms with Gasteiger partial charge in [0.2, 0.25) is 0 Å². The third kappa shape index (κ3) is 2.36. The summed E-state index contributed by atoms with van der Waals surface area (Å²) in [6.07, 6.45) is 2.97. The van der Waals surface area contributed by atoms with E-state index in [2.05, 4.69) is 13.8 Å². The lowest BCUT2D eigenvalue weighted by molar-refractivity contribution is -0.107. The molecule has 0 N–H and O–H groups in total. The molecular weight excluding hydrogens is 120 g/mol. The fourth-order valence-electron chi connectivity index (χ4n) is 0.485. The van der Waals surface area contributed by atoms with Gasteiger partial charge in [0.1, 0.15) is 6.29 Å². The van der Waals surface area contributed by atoms with Crippen LogP contribution < -0.4 is 0 Å². The van der Waals surface area contributed by atoms with Crippen LogP contribution in [-0.4, -0.2) is 17.8 Å². The van der Waals surface area contributed by atoms with Crippen molar-refractivity contribution in [2.24, 2.45) is 5.92 Å². The lowest BCUT2D eigenvalue weighted by Crippen LogP contribution is -2.11. The largest absolute Gasteiger partial charge is 0.302 e. The summed E-state index contributed by atoms with van der Waals surface area (Å²) in [6.45, 7) is 4.10. The molecule has 0 heterocycles. The Hall–Kier alpha value is 0.0200. The molecule has 0 amide bonds. The number of hydrogen-bond acceptors (Lipinski definition) is 2. The lowest BCUT2D eigenvalue weighted by Gasteiger charge is -2.08.